The van der Waals surface area contributed by atoms with Gasteiger partial charge in [-0.2, -0.15) is 0 Å². The summed E-state index contributed by atoms with van der Waals surface area (Å²) in [5.41, 5.74) is 2.24. The molecule has 0 aliphatic carbocycles. The van der Waals surface area contributed by atoms with Gasteiger partial charge in [0.1, 0.15) is 18.0 Å². The summed E-state index contributed by atoms with van der Waals surface area (Å²) in [4.78, 5) is 11.9. The predicted octanol–water partition coefficient (Wildman–Crippen LogP) is 0.438. The summed E-state index contributed by atoms with van der Waals surface area (Å²) in [6, 6.07) is 14.2. The van der Waals surface area contributed by atoms with Gasteiger partial charge < -0.3 is 45.1 Å². The summed E-state index contributed by atoms with van der Waals surface area (Å²) >= 11 is 0. The smallest absolute Gasteiger partial charge is 0.251 e. The van der Waals surface area contributed by atoms with E-state index in [1.54, 1.807) is 37.4 Å². The van der Waals surface area contributed by atoms with Gasteiger partial charge in [-0.15, -0.1) is 0 Å². The highest BCUT2D eigenvalue weighted by molar-refractivity contribution is 5.95. The SMILES string of the molecule is CNC(=O)c1cccc(-c2ccc(O[C@H]3OC(CO)CC(C(O)[C@H]4OC(CO)CCC4O)C3O)cc2)c1. The van der Waals surface area contributed by atoms with Gasteiger partial charge in [-0.1, -0.05) is 24.3 Å². The number of hydrogen-bond donors (Lipinski definition) is 6. The van der Waals surface area contributed by atoms with E-state index in [9.17, 15) is 30.3 Å². The molecule has 0 saturated carbocycles. The number of benzene rings is 2. The Morgan fingerprint density at radius 3 is 2.43 bits per heavy atom. The molecule has 10 heteroatoms. The molecule has 4 rings (SSSR count). The van der Waals surface area contributed by atoms with Gasteiger partial charge >= 0.3 is 0 Å². The Morgan fingerprint density at radius 1 is 1.03 bits per heavy atom. The fourth-order valence-corrected chi connectivity index (χ4v) is 4.96. The lowest BCUT2D eigenvalue weighted by Crippen LogP contribution is -2.58. The Labute approximate surface area is 215 Å². The molecular formula is C27H35NO9. The molecule has 2 saturated heterocycles. The lowest BCUT2D eigenvalue weighted by atomic mass is 9.82. The molecule has 2 heterocycles. The van der Waals surface area contributed by atoms with Crippen molar-refractivity contribution in [1.29, 1.82) is 0 Å². The van der Waals surface area contributed by atoms with Crippen molar-refractivity contribution in [3.63, 3.8) is 0 Å². The highest BCUT2D eigenvalue weighted by Gasteiger charge is 2.47. The molecule has 37 heavy (non-hydrogen) atoms. The number of nitrogens with one attached hydrogen (secondary N) is 1. The number of aliphatic hydroxyl groups is 5. The van der Waals surface area contributed by atoms with Crippen LogP contribution in [0, 0.1) is 5.92 Å². The Hall–Kier alpha value is -2.57. The fraction of sp³-hybridized carbons (Fsp3) is 0.519. The normalized spacial score (nSPS) is 30.9. The van der Waals surface area contributed by atoms with Gasteiger partial charge in [-0.3, -0.25) is 4.79 Å². The number of hydrogen-bond acceptors (Lipinski definition) is 9. The quantitative estimate of drug-likeness (QED) is 0.292. The second-order valence-electron chi connectivity index (χ2n) is 9.54. The molecule has 2 aromatic carbocycles. The minimum absolute atomic E-state index is 0.135. The number of amides is 1. The van der Waals surface area contributed by atoms with Gasteiger partial charge in [-0.25, -0.2) is 0 Å². The minimum Gasteiger partial charge on any atom is -0.462 e. The average Bonchev–Trinajstić information content (AvgIpc) is 2.94. The van der Waals surface area contributed by atoms with Crippen LogP contribution in [0.1, 0.15) is 29.6 Å². The van der Waals surface area contributed by atoms with Crippen LogP contribution < -0.4 is 10.1 Å². The average molecular weight is 518 g/mol. The summed E-state index contributed by atoms with van der Waals surface area (Å²) in [6.07, 6.45) is -5.90. The topological polar surface area (TPSA) is 158 Å². The molecule has 202 valence electrons. The number of carbonyl (C=O) groups excluding carboxylic acids is 1. The van der Waals surface area contributed by atoms with Crippen molar-refractivity contribution in [2.75, 3.05) is 20.3 Å². The number of ether oxygens (including phenoxy) is 3. The van der Waals surface area contributed by atoms with Gasteiger partial charge in [0.25, 0.3) is 5.91 Å². The molecule has 2 aliphatic rings. The second kappa shape index (κ2) is 12.3. The van der Waals surface area contributed by atoms with Crippen LogP contribution in [0.3, 0.4) is 0 Å². The van der Waals surface area contributed by atoms with Gasteiger partial charge in [0, 0.05) is 18.5 Å². The highest BCUT2D eigenvalue weighted by atomic mass is 16.7. The zero-order valence-electron chi connectivity index (χ0n) is 20.6. The summed E-state index contributed by atoms with van der Waals surface area (Å²) < 4.78 is 17.3. The summed E-state index contributed by atoms with van der Waals surface area (Å²) in [6.45, 7) is -0.576. The van der Waals surface area contributed by atoms with E-state index in [1.807, 2.05) is 18.2 Å². The van der Waals surface area contributed by atoms with Crippen LogP contribution in [0.25, 0.3) is 11.1 Å². The first-order chi connectivity index (χ1) is 17.8. The van der Waals surface area contributed by atoms with Crippen LogP contribution in [-0.2, 0) is 9.47 Å². The first-order valence-electron chi connectivity index (χ1n) is 12.5. The molecule has 0 bridgehead atoms. The molecule has 6 unspecified atom stereocenters. The zero-order chi connectivity index (χ0) is 26.5. The molecule has 2 fully saturated rings. The largest absolute Gasteiger partial charge is 0.462 e. The maximum atomic E-state index is 11.9. The molecule has 6 N–H and O–H groups in total. The molecule has 10 nitrogen and oxygen atoms in total. The minimum atomic E-state index is -1.27. The molecule has 2 aromatic rings. The monoisotopic (exact) mass is 517 g/mol. The lowest BCUT2D eigenvalue weighted by molar-refractivity contribution is -0.257. The maximum absolute atomic E-state index is 11.9. The number of carbonyl (C=O) groups is 1. The van der Waals surface area contributed by atoms with Crippen molar-refractivity contribution in [3.8, 4) is 16.9 Å². The zero-order valence-corrected chi connectivity index (χ0v) is 20.6. The van der Waals surface area contributed by atoms with E-state index in [2.05, 4.69) is 5.32 Å². The van der Waals surface area contributed by atoms with Crippen molar-refractivity contribution in [3.05, 3.63) is 54.1 Å². The third-order valence-corrected chi connectivity index (χ3v) is 7.07. The van der Waals surface area contributed by atoms with E-state index in [1.165, 1.54) is 0 Å². The molecule has 0 spiro atoms. The van der Waals surface area contributed by atoms with Crippen molar-refractivity contribution in [1.82, 2.24) is 5.32 Å². The van der Waals surface area contributed by atoms with Crippen molar-refractivity contribution < 1.29 is 44.5 Å². The Kier molecular flexibility index (Phi) is 9.14. The van der Waals surface area contributed by atoms with Crippen molar-refractivity contribution in [2.24, 2.45) is 5.92 Å². The molecule has 0 aromatic heterocycles. The van der Waals surface area contributed by atoms with E-state index >= 15 is 0 Å². The number of rotatable bonds is 8. The molecule has 2 aliphatic heterocycles. The summed E-state index contributed by atoms with van der Waals surface area (Å²) in [5, 5.41) is 54.3. The fourth-order valence-electron chi connectivity index (χ4n) is 4.96. The third-order valence-electron chi connectivity index (χ3n) is 7.07. The summed E-state index contributed by atoms with van der Waals surface area (Å²) in [5.74, 6) is -0.588. The third kappa shape index (κ3) is 6.29. The maximum Gasteiger partial charge on any atom is 0.251 e. The molecule has 1 amide bonds. The van der Waals surface area contributed by atoms with Crippen LogP contribution in [0.2, 0.25) is 0 Å². The van der Waals surface area contributed by atoms with E-state index in [4.69, 9.17) is 14.2 Å². The van der Waals surface area contributed by atoms with E-state index < -0.39 is 48.8 Å². The van der Waals surface area contributed by atoms with Gasteiger partial charge in [-0.05, 0) is 54.7 Å². The summed E-state index contributed by atoms with van der Waals surface area (Å²) in [7, 11) is 1.57. The van der Waals surface area contributed by atoms with Crippen LogP contribution >= 0.6 is 0 Å². The Bertz CT molecular complexity index is 1030. The molecule has 8 atom stereocenters. The van der Waals surface area contributed by atoms with E-state index in [0.29, 0.717) is 24.2 Å². The molecule has 0 radical (unpaired) electrons. The number of aliphatic hydroxyl groups excluding tert-OH is 5. The van der Waals surface area contributed by atoms with Crippen LogP contribution in [0.15, 0.2) is 48.5 Å². The first kappa shape index (κ1) is 27.5. The van der Waals surface area contributed by atoms with E-state index in [-0.39, 0.29) is 25.5 Å². The van der Waals surface area contributed by atoms with Crippen LogP contribution in [0.4, 0.5) is 0 Å². The van der Waals surface area contributed by atoms with Crippen molar-refractivity contribution in [2.45, 2.75) is 62.2 Å². The highest BCUT2D eigenvalue weighted by Crippen LogP contribution is 2.35. The predicted molar refractivity (Wildman–Crippen MR) is 133 cm³/mol. The first-order valence-corrected chi connectivity index (χ1v) is 12.5. The molecular weight excluding hydrogens is 482 g/mol. The van der Waals surface area contributed by atoms with Gasteiger partial charge in [0.2, 0.25) is 6.29 Å². The lowest BCUT2D eigenvalue weighted by Gasteiger charge is -2.44. The van der Waals surface area contributed by atoms with Gasteiger partial charge in [0.05, 0.1) is 37.6 Å². The second-order valence-corrected chi connectivity index (χ2v) is 9.54. The van der Waals surface area contributed by atoms with Gasteiger partial charge in [0.15, 0.2) is 0 Å². The Balaban J connectivity index is 1.47. The van der Waals surface area contributed by atoms with E-state index in [0.717, 1.165) is 11.1 Å². The van der Waals surface area contributed by atoms with Crippen LogP contribution in [0.5, 0.6) is 5.75 Å². The standard InChI is InChI=1S/C27H35NO9/c1-28-26(34)17-4-2-3-16(11-17)15-5-7-18(8-6-15)36-27-24(33)21(12-20(14-30)37-27)23(32)25-22(31)10-9-19(13-29)35-25/h2-8,11,19-25,27,29-33H,9-10,12-14H2,1H3,(H,28,34)/t19?,20?,21?,22?,23?,24?,25-,27-/m0/s1. The Morgan fingerprint density at radius 2 is 1.76 bits per heavy atom. The van der Waals surface area contributed by atoms with Crippen molar-refractivity contribution >= 4 is 5.91 Å². The van der Waals surface area contributed by atoms with Crippen LogP contribution in [-0.4, -0.2) is 94.6 Å².